The molecule has 0 saturated heterocycles. The predicted octanol–water partition coefficient (Wildman–Crippen LogP) is 2.73. The van der Waals surface area contributed by atoms with Gasteiger partial charge in [-0.1, -0.05) is 19.1 Å². The number of carboxylic acid groups (broad SMARTS) is 1. The average molecular weight is 278 g/mol. The number of aliphatic hydroxyl groups excluding tert-OH is 1. The molecule has 1 aromatic carbocycles. The fourth-order valence-electron chi connectivity index (χ4n) is 1.46. The first-order valence-electron chi connectivity index (χ1n) is 5.45. The number of carboxylic acids is 1. The number of benzene rings is 1. The minimum Gasteiger partial charge on any atom is -0.481 e. The van der Waals surface area contributed by atoms with Crippen molar-refractivity contribution in [2.45, 2.75) is 25.8 Å². The molecular weight excluding hydrogens is 265 g/mol. The number of aliphatic carboxylic acids is 1. The standard InChI is InChI=1S/C12H13F3O4/c1-7(11(17)18)6-10(16)8-2-4-9(5-3-8)19-12(13,14)15/h2-5,7,10,16H,6H2,1H3,(H,17,18). The third-order valence-corrected chi connectivity index (χ3v) is 2.50. The second kappa shape index (κ2) is 5.92. The van der Waals surface area contributed by atoms with Crippen LogP contribution in [0.4, 0.5) is 13.2 Å². The first-order chi connectivity index (χ1) is 8.69. The number of ether oxygens (including phenoxy) is 1. The second-order valence-corrected chi connectivity index (χ2v) is 4.11. The first kappa shape index (κ1) is 15.3. The van der Waals surface area contributed by atoms with Crippen LogP contribution in [0, 0.1) is 5.92 Å². The van der Waals surface area contributed by atoms with Gasteiger partial charge in [-0.25, -0.2) is 0 Å². The zero-order chi connectivity index (χ0) is 14.6. The highest BCUT2D eigenvalue weighted by Crippen LogP contribution is 2.26. The van der Waals surface area contributed by atoms with Crippen molar-refractivity contribution >= 4 is 5.97 Å². The Hall–Kier alpha value is -1.76. The van der Waals surface area contributed by atoms with E-state index in [1.165, 1.54) is 19.1 Å². The predicted molar refractivity (Wildman–Crippen MR) is 59.5 cm³/mol. The number of alkyl halides is 3. The molecule has 2 atom stereocenters. The van der Waals surface area contributed by atoms with Gasteiger partial charge in [-0.15, -0.1) is 13.2 Å². The lowest BCUT2D eigenvalue weighted by Crippen LogP contribution is -2.17. The minimum atomic E-state index is -4.77. The van der Waals surface area contributed by atoms with Gasteiger partial charge >= 0.3 is 12.3 Å². The monoisotopic (exact) mass is 278 g/mol. The van der Waals surface area contributed by atoms with E-state index in [0.717, 1.165) is 12.1 Å². The Morgan fingerprint density at radius 2 is 1.84 bits per heavy atom. The van der Waals surface area contributed by atoms with Crippen LogP contribution in [0.25, 0.3) is 0 Å². The van der Waals surface area contributed by atoms with Crippen LogP contribution in [0.15, 0.2) is 24.3 Å². The molecule has 0 aliphatic heterocycles. The Labute approximate surface area is 107 Å². The molecule has 0 aliphatic carbocycles. The summed E-state index contributed by atoms with van der Waals surface area (Å²) in [6.45, 7) is 1.44. The third-order valence-electron chi connectivity index (χ3n) is 2.50. The van der Waals surface area contributed by atoms with E-state index in [1.54, 1.807) is 0 Å². The molecule has 0 fully saturated rings. The van der Waals surface area contributed by atoms with Gasteiger partial charge in [0.05, 0.1) is 12.0 Å². The molecule has 0 aliphatic rings. The van der Waals surface area contributed by atoms with Crippen LogP contribution in [-0.2, 0) is 4.79 Å². The molecule has 0 heterocycles. The lowest BCUT2D eigenvalue weighted by molar-refractivity contribution is -0.274. The molecule has 0 amide bonds. The quantitative estimate of drug-likeness (QED) is 0.869. The molecule has 7 heteroatoms. The summed E-state index contributed by atoms with van der Waals surface area (Å²) in [5, 5.41) is 18.4. The van der Waals surface area contributed by atoms with Crippen molar-refractivity contribution in [2.75, 3.05) is 0 Å². The summed E-state index contributed by atoms with van der Waals surface area (Å²) >= 11 is 0. The van der Waals surface area contributed by atoms with E-state index in [0.29, 0.717) is 5.56 Å². The van der Waals surface area contributed by atoms with E-state index in [2.05, 4.69) is 4.74 Å². The van der Waals surface area contributed by atoms with Crippen LogP contribution in [0.2, 0.25) is 0 Å². The largest absolute Gasteiger partial charge is 0.573 e. The molecule has 2 unspecified atom stereocenters. The van der Waals surface area contributed by atoms with Gasteiger partial charge in [0, 0.05) is 0 Å². The summed E-state index contributed by atoms with van der Waals surface area (Å²) in [4.78, 5) is 10.6. The second-order valence-electron chi connectivity index (χ2n) is 4.11. The number of hydrogen-bond donors (Lipinski definition) is 2. The number of rotatable bonds is 5. The summed E-state index contributed by atoms with van der Waals surface area (Å²) in [5.74, 6) is -2.19. The van der Waals surface area contributed by atoms with Gasteiger partial charge in [0.25, 0.3) is 0 Å². The normalized spacial score (nSPS) is 14.8. The number of aliphatic hydroxyl groups is 1. The third kappa shape index (κ3) is 5.17. The summed E-state index contributed by atoms with van der Waals surface area (Å²) in [6, 6.07) is 4.66. The maximum absolute atomic E-state index is 11.9. The molecule has 0 saturated carbocycles. The molecule has 1 rings (SSSR count). The van der Waals surface area contributed by atoms with Crippen LogP contribution in [-0.4, -0.2) is 22.5 Å². The van der Waals surface area contributed by atoms with Crippen LogP contribution < -0.4 is 4.74 Å². The van der Waals surface area contributed by atoms with E-state index in [9.17, 15) is 23.1 Å². The van der Waals surface area contributed by atoms with Crippen molar-refractivity contribution in [1.82, 2.24) is 0 Å². The summed E-state index contributed by atoms with van der Waals surface area (Å²) in [7, 11) is 0. The van der Waals surface area contributed by atoms with Gasteiger partial charge in [-0.3, -0.25) is 4.79 Å². The van der Waals surface area contributed by atoms with Crippen LogP contribution in [0.1, 0.15) is 25.0 Å². The van der Waals surface area contributed by atoms with E-state index < -0.39 is 30.1 Å². The molecule has 0 bridgehead atoms. The average Bonchev–Trinajstić information content (AvgIpc) is 2.27. The van der Waals surface area contributed by atoms with Crippen molar-refractivity contribution in [3.8, 4) is 5.75 Å². The Morgan fingerprint density at radius 3 is 2.26 bits per heavy atom. The Kier molecular flexibility index (Phi) is 4.77. The highest BCUT2D eigenvalue weighted by Gasteiger charge is 2.31. The Bertz CT molecular complexity index is 428. The van der Waals surface area contributed by atoms with Crippen molar-refractivity contribution in [2.24, 2.45) is 5.92 Å². The molecule has 0 radical (unpaired) electrons. The maximum atomic E-state index is 11.9. The molecular formula is C12H13F3O4. The fourth-order valence-corrected chi connectivity index (χ4v) is 1.46. The van der Waals surface area contributed by atoms with Crippen molar-refractivity contribution in [3.63, 3.8) is 0 Å². The van der Waals surface area contributed by atoms with E-state index in [-0.39, 0.29) is 6.42 Å². The molecule has 106 valence electrons. The molecule has 0 aromatic heterocycles. The smallest absolute Gasteiger partial charge is 0.481 e. The Balaban J connectivity index is 2.68. The molecule has 19 heavy (non-hydrogen) atoms. The highest BCUT2D eigenvalue weighted by atomic mass is 19.4. The van der Waals surface area contributed by atoms with Gasteiger partial charge in [0.2, 0.25) is 0 Å². The molecule has 0 spiro atoms. The number of hydrogen-bond acceptors (Lipinski definition) is 3. The zero-order valence-electron chi connectivity index (χ0n) is 10.0. The lowest BCUT2D eigenvalue weighted by atomic mass is 9.98. The maximum Gasteiger partial charge on any atom is 0.573 e. The summed E-state index contributed by atoms with van der Waals surface area (Å²) in [6.07, 6.45) is -5.83. The van der Waals surface area contributed by atoms with Gasteiger partial charge in [-0.2, -0.15) is 0 Å². The zero-order valence-corrected chi connectivity index (χ0v) is 10.0. The topological polar surface area (TPSA) is 66.8 Å². The van der Waals surface area contributed by atoms with Crippen molar-refractivity contribution in [1.29, 1.82) is 0 Å². The highest BCUT2D eigenvalue weighted by molar-refractivity contribution is 5.69. The SMILES string of the molecule is CC(CC(O)c1ccc(OC(F)(F)F)cc1)C(=O)O. The number of halogens is 3. The summed E-state index contributed by atoms with van der Waals surface area (Å²) < 4.78 is 39.5. The summed E-state index contributed by atoms with van der Waals surface area (Å²) in [5.41, 5.74) is 0.336. The van der Waals surface area contributed by atoms with Crippen LogP contribution in [0.5, 0.6) is 5.75 Å². The molecule has 4 nitrogen and oxygen atoms in total. The van der Waals surface area contributed by atoms with E-state index in [4.69, 9.17) is 5.11 Å². The Morgan fingerprint density at radius 1 is 1.32 bits per heavy atom. The lowest BCUT2D eigenvalue weighted by Gasteiger charge is -2.14. The van der Waals surface area contributed by atoms with Crippen molar-refractivity contribution in [3.05, 3.63) is 29.8 Å². The molecule has 2 N–H and O–H groups in total. The molecule has 1 aromatic rings. The first-order valence-corrected chi connectivity index (χ1v) is 5.45. The minimum absolute atomic E-state index is 0.0190. The fraction of sp³-hybridized carbons (Fsp3) is 0.417. The van der Waals surface area contributed by atoms with Gasteiger partial charge in [0.1, 0.15) is 5.75 Å². The van der Waals surface area contributed by atoms with Gasteiger partial charge < -0.3 is 14.9 Å². The van der Waals surface area contributed by atoms with E-state index >= 15 is 0 Å². The van der Waals surface area contributed by atoms with Crippen LogP contribution in [0.3, 0.4) is 0 Å². The van der Waals surface area contributed by atoms with Crippen molar-refractivity contribution < 1.29 is 32.9 Å². The van der Waals surface area contributed by atoms with Gasteiger partial charge in [-0.05, 0) is 24.1 Å². The number of carbonyl (C=O) groups is 1. The van der Waals surface area contributed by atoms with Crippen LogP contribution >= 0.6 is 0 Å². The van der Waals surface area contributed by atoms with Gasteiger partial charge in [0.15, 0.2) is 0 Å². The van der Waals surface area contributed by atoms with E-state index in [1.807, 2.05) is 0 Å².